The van der Waals surface area contributed by atoms with Crippen molar-refractivity contribution in [1.29, 1.82) is 0 Å². The molecule has 1 aromatic rings. The third-order valence-electron chi connectivity index (χ3n) is 1.86. The van der Waals surface area contributed by atoms with Gasteiger partial charge in [-0.25, -0.2) is 0 Å². The van der Waals surface area contributed by atoms with E-state index in [4.69, 9.17) is 5.50 Å². The molecule has 0 aliphatic rings. The monoisotopic (exact) mass is 198 g/mol. The van der Waals surface area contributed by atoms with Gasteiger partial charge in [0.1, 0.15) is 0 Å². The molecule has 0 saturated heterocycles. The minimum Gasteiger partial charge on any atom is -0.289 e. The summed E-state index contributed by atoms with van der Waals surface area (Å²) < 4.78 is 11.4. The molecule has 1 rings (SSSR count). The molecule has 0 aliphatic heterocycles. The zero-order valence-electron chi connectivity index (χ0n) is 7.73. The molecule has 0 saturated carbocycles. The van der Waals surface area contributed by atoms with Crippen LogP contribution in [0, 0.1) is 0 Å². The minimum absolute atomic E-state index is 0.486. The fraction of sp³-hybridized carbons (Fsp3) is 0.333. The van der Waals surface area contributed by atoms with E-state index < -0.39 is 7.44 Å². The summed E-state index contributed by atoms with van der Waals surface area (Å²) in [4.78, 5) is 0. The Kier molecular flexibility index (Phi) is 3.67. The Morgan fingerprint density at radius 3 is 2.54 bits per heavy atom. The predicted molar refractivity (Wildman–Crippen MR) is 55.6 cm³/mol. The second-order valence-electron chi connectivity index (χ2n) is 2.93. The summed E-state index contributed by atoms with van der Waals surface area (Å²) >= 11 is 0. The van der Waals surface area contributed by atoms with Crippen LogP contribution in [0.15, 0.2) is 30.3 Å². The average Bonchev–Trinajstić information content (AvgIpc) is 2.17. The molecule has 1 unspecified atom stereocenters. The standard InChI is InChI=1S/C9H15N2OP/c1-2-13(10,12)11-8-9-6-4-3-5-7-9/h3-7H,2,8H2,1H3,(H3,10,11,12). The van der Waals surface area contributed by atoms with E-state index in [2.05, 4.69) is 5.09 Å². The summed E-state index contributed by atoms with van der Waals surface area (Å²) in [5.74, 6) is 0. The number of benzene rings is 1. The molecule has 0 amide bonds. The van der Waals surface area contributed by atoms with E-state index in [0.29, 0.717) is 12.7 Å². The fourth-order valence-corrected chi connectivity index (χ4v) is 1.61. The largest absolute Gasteiger partial charge is 0.289 e. The second-order valence-corrected chi connectivity index (χ2v) is 5.47. The highest BCUT2D eigenvalue weighted by Crippen LogP contribution is 2.29. The highest BCUT2D eigenvalue weighted by molar-refractivity contribution is 7.59. The maximum atomic E-state index is 11.4. The Hall–Kier alpha value is -0.630. The van der Waals surface area contributed by atoms with Crippen molar-refractivity contribution in [3.8, 4) is 0 Å². The number of hydrogen-bond acceptors (Lipinski definition) is 1. The first kappa shape index (κ1) is 10.5. The lowest BCUT2D eigenvalue weighted by Gasteiger charge is -2.11. The van der Waals surface area contributed by atoms with Crippen molar-refractivity contribution in [2.75, 3.05) is 6.16 Å². The van der Waals surface area contributed by atoms with Crippen molar-refractivity contribution in [2.45, 2.75) is 13.5 Å². The van der Waals surface area contributed by atoms with E-state index in [1.165, 1.54) is 0 Å². The highest BCUT2D eigenvalue weighted by atomic mass is 31.2. The van der Waals surface area contributed by atoms with Gasteiger partial charge in [-0.15, -0.1) is 0 Å². The lowest BCUT2D eigenvalue weighted by Crippen LogP contribution is -2.17. The van der Waals surface area contributed by atoms with Gasteiger partial charge in [-0.2, -0.15) is 0 Å². The molecule has 0 radical (unpaired) electrons. The van der Waals surface area contributed by atoms with Crippen molar-refractivity contribution < 1.29 is 4.57 Å². The van der Waals surface area contributed by atoms with Crippen molar-refractivity contribution in [3.63, 3.8) is 0 Å². The summed E-state index contributed by atoms with van der Waals surface area (Å²) in [5.41, 5.74) is 6.61. The van der Waals surface area contributed by atoms with Crippen LogP contribution in [0.2, 0.25) is 0 Å². The van der Waals surface area contributed by atoms with E-state index in [-0.39, 0.29) is 0 Å². The van der Waals surface area contributed by atoms with Crippen molar-refractivity contribution in [1.82, 2.24) is 5.09 Å². The Morgan fingerprint density at radius 1 is 1.38 bits per heavy atom. The van der Waals surface area contributed by atoms with Gasteiger partial charge in [0, 0.05) is 12.7 Å². The minimum atomic E-state index is -2.59. The first-order valence-corrected chi connectivity index (χ1v) is 6.27. The molecule has 3 nitrogen and oxygen atoms in total. The molecule has 1 atom stereocenters. The van der Waals surface area contributed by atoms with E-state index in [1.807, 2.05) is 37.3 Å². The lowest BCUT2D eigenvalue weighted by atomic mass is 10.2. The summed E-state index contributed by atoms with van der Waals surface area (Å²) in [7, 11) is -2.59. The molecule has 0 bridgehead atoms. The zero-order valence-corrected chi connectivity index (χ0v) is 8.63. The molecule has 1 aromatic carbocycles. The van der Waals surface area contributed by atoms with Crippen molar-refractivity contribution in [3.05, 3.63) is 35.9 Å². The average molecular weight is 198 g/mol. The number of nitrogens with two attached hydrogens (primary N) is 1. The van der Waals surface area contributed by atoms with Crippen LogP contribution in [-0.4, -0.2) is 6.16 Å². The molecule has 3 N–H and O–H groups in total. The van der Waals surface area contributed by atoms with Crippen LogP contribution in [0.4, 0.5) is 0 Å². The molecule has 13 heavy (non-hydrogen) atoms. The molecule has 0 heterocycles. The Morgan fingerprint density at radius 2 is 2.00 bits per heavy atom. The van der Waals surface area contributed by atoms with Gasteiger partial charge in [-0.05, 0) is 5.56 Å². The summed E-state index contributed by atoms with van der Waals surface area (Å²) in [5, 5.41) is 2.86. The van der Waals surface area contributed by atoms with E-state index in [0.717, 1.165) is 5.56 Å². The van der Waals surface area contributed by atoms with Crippen LogP contribution in [-0.2, 0) is 11.1 Å². The van der Waals surface area contributed by atoms with Crippen LogP contribution < -0.4 is 10.6 Å². The Balaban J connectivity index is 2.49. The molecule has 0 aromatic heterocycles. The number of nitrogens with one attached hydrogen (secondary N) is 1. The highest BCUT2D eigenvalue weighted by Gasteiger charge is 2.10. The molecule has 72 valence electrons. The van der Waals surface area contributed by atoms with Gasteiger partial charge >= 0.3 is 0 Å². The maximum absolute atomic E-state index is 11.4. The second kappa shape index (κ2) is 4.56. The first-order valence-electron chi connectivity index (χ1n) is 4.31. The fourth-order valence-electron chi connectivity index (χ4n) is 0.933. The van der Waals surface area contributed by atoms with Crippen LogP contribution in [0.25, 0.3) is 0 Å². The van der Waals surface area contributed by atoms with Crippen molar-refractivity contribution in [2.24, 2.45) is 5.50 Å². The predicted octanol–water partition coefficient (Wildman–Crippen LogP) is 1.95. The van der Waals surface area contributed by atoms with Crippen molar-refractivity contribution >= 4 is 7.44 Å². The van der Waals surface area contributed by atoms with Gasteiger partial charge in [0.05, 0.1) is 0 Å². The van der Waals surface area contributed by atoms with Gasteiger partial charge in [-0.1, -0.05) is 37.3 Å². The normalized spacial score (nSPS) is 15.2. The van der Waals surface area contributed by atoms with Gasteiger partial charge in [-0.3, -0.25) is 15.2 Å². The summed E-state index contributed by atoms with van der Waals surface area (Å²) in [6, 6.07) is 9.80. The molecular formula is C9H15N2OP. The zero-order chi connectivity index (χ0) is 9.73. The number of hydrogen-bond donors (Lipinski definition) is 2. The topological polar surface area (TPSA) is 55.1 Å². The van der Waals surface area contributed by atoms with E-state index in [1.54, 1.807) is 0 Å². The Bertz CT molecular complexity index is 300. The first-order chi connectivity index (χ1) is 6.14. The van der Waals surface area contributed by atoms with Crippen LogP contribution in [0.5, 0.6) is 0 Å². The van der Waals surface area contributed by atoms with Crippen LogP contribution >= 0.6 is 7.44 Å². The van der Waals surface area contributed by atoms with Gasteiger partial charge in [0.15, 0.2) is 0 Å². The van der Waals surface area contributed by atoms with Gasteiger partial charge < -0.3 is 0 Å². The summed E-state index contributed by atoms with van der Waals surface area (Å²) in [6.07, 6.45) is 0.486. The van der Waals surface area contributed by atoms with Gasteiger partial charge in [0.2, 0.25) is 7.44 Å². The molecular weight excluding hydrogens is 183 g/mol. The summed E-state index contributed by atoms with van der Waals surface area (Å²) in [6.45, 7) is 2.39. The number of rotatable bonds is 4. The van der Waals surface area contributed by atoms with Crippen LogP contribution in [0.1, 0.15) is 12.5 Å². The lowest BCUT2D eigenvalue weighted by molar-refractivity contribution is 0.565. The Labute approximate surface area is 78.8 Å². The SMILES string of the molecule is CCP(N)(=O)NCc1ccccc1. The molecule has 0 fully saturated rings. The molecule has 0 spiro atoms. The maximum Gasteiger partial charge on any atom is 0.208 e. The van der Waals surface area contributed by atoms with E-state index >= 15 is 0 Å². The molecule has 4 heteroatoms. The van der Waals surface area contributed by atoms with Crippen LogP contribution in [0.3, 0.4) is 0 Å². The van der Waals surface area contributed by atoms with E-state index in [9.17, 15) is 4.57 Å². The molecule has 0 aliphatic carbocycles. The van der Waals surface area contributed by atoms with Gasteiger partial charge in [0.25, 0.3) is 0 Å². The smallest absolute Gasteiger partial charge is 0.208 e. The quantitative estimate of drug-likeness (QED) is 0.727. The third kappa shape index (κ3) is 3.73. The third-order valence-corrected chi connectivity index (χ3v) is 3.50.